The van der Waals surface area contributed by atoms with Gasteiger partial charge in [0.1, 0.15) is 5.69 Å². The van der Waals surface area contributed by atoms with Gasteiger partial charge in [-0.3, -0.25) is 9.89 Å². The molecule has 1 rings (SSSR count). The van der Waals surface area contributed by atoms with E-state index in [-0.39, 0.29) is 11.9 Å². The van der Waals surface area contributed by atoms with Crippen LogP contribution in [-0.2, 0) is 0 Å². The molecular formula is C10H13N3O. The average Bonchev–Trinajstić information content (AvgIpc) is 2.69. The molecule has 0 saturated carbocycles. The van der Waals surface area contributed by atoms with E-state index in [4.69, 9.17) is 6.42 Å². The molecule has 1 atom stereocenters. The Bertz CT molecular complexity index is 324. The van der Waals surface area contributed by atoms with Crippen molar-refractivity contribution in [2.45, 2.75) is 25.8 Å². The molecule has 2 N–H and O–H groups in total. The molecule has 0 bridgehead atoms. The summed E-state index contributed by atoms with van der Waals surface area (Å²) >= 11 is 0. The highest BCUT2D eigenvalue weighted by Crippen LogP contribution is 1.97. The number of H-pyrrole nitrogens is 1. The van der Waals surface area contributed by atoms with Crippen LogP contribution >= 0.6 is 0 Å². The van der Waals surface area contributed by atoms with Gasteiger partial charge in [-0.2, -0.15) is 5.10 Å². The minimum Gasteiger partial charge on any atom is -0.337 e. The maximum absolute atomic E-state index is 11.5. The molecule has 1 unspecified atom stereocenters. The minimum absolute atomic E-state index is 0.198. The summed E-state index contributed by atoms with van der Waals surface area (Å²) in [6.45, 7) is 2.02. The van der Waals surface area contributed by atoms with E-state index in [1.807, 2.05) is 6.92 Å². The van der Waals surface area contributed by atoms with Crippen LogP contribution in [-0.4, -0.2) is 22.1 Å². The number of amides is 1. The van der Waals surface area contributed by atoms with Crippen LogP contribution in [0.5, 0.6) is 0 Å². The Hall–Kier alpha value is -1.76. The van der Waals surface area contributed by atoms with Gasteiger partial charge in [-0.15, -0.1) is 6.42 Å². The van der Waals surface area contributed by atoms with Crippen molar-refractivity contribution in [2.75, 3.05) is 0 Å². The quantitative estimate of drug-likeness (QED) is 0.696. The largest absolute Gasteiger partial charge is 0.337 e. The van der Waals surface area contributed by atoms with Crippen molar-refractivity contribution in [1.82, 2.24) is 15.5 Å². The number of aromatic nitrogens is 2. The first-order chi connectivity index (χ1) is 6.77. The molecule has 0 aliphatic rings. The molecule has 0 radical (unpaired) electrons. The van der Waals surface area contributed by atoms with Crippen LogP contribution in [0.1, 0.15) is 30.3 Å². The molecule has 0 aliphatic heterocycles. The van der Waals surface area contributed by atoms with Crippen molar-refractivity contribution in [3.63, 3.8) is 0 Å². The highest BCUT2D eigenvalue weighted by Gasteiger charge is 2.10. The molecule has 14 heavy (non-hydrogen) atoms. The molecule has 1 aromatic heterocycles. The van der Waals surface area contributed by atoms with Crippen molar-refractivity contribution in [1.29, 1.82) is 0 Å². The molecule has 0 fully saturated rings. The van der Waals surface area contributed by atoms with Gasteiger partial charge in [0.05, 0.1) is 6.04 Å². The summed E-state index contributed by atoms with van der Waals surface area (Å²) in [5.74, 6) is 2.32. The van der Waals surface area contributed by atoms with Gasteiger partial charge < -0.3 is 5.32 Å². The number of terminal acetylenes is 1. The second-order valence-electron chi connectivity index (χ2n) is 2.95. The lowest BCUT2D eigenvalue weighted by atomic mass is 10.2. The molecule has 0 saturated heterocycles. The van der Waals surface area contributed by atoms with Crippen LogP contribution in [0.2, 0.25) is 0 Å². The lowest BCUT2D eigenvalue weighted by Gasteiger charge is -2.10. The van der Waals surface area contributed by atoms with E-state index >= 15 is 0 Å². The maximum atomic E-state index is 11.5. The molecule has 1 amide bonds. The lowest BCUT2D eigenvalue weighted by Crippen LogP contribution is -2.33. The van der Waals surface area contributed by atoms with Crippen molar-refractivity contribution < 1.29 is 4.79 Å². The topological polar surface area (TPSA) is 57.8 Å². The minimum atomic E-state index is -0.209. The summed E-state index contributed by atoms with van der Waals surface area (Å²) in [7, 11) is 0. The van der Waals surface area contributed by atoms with Crippen LogP contribution in [0.3, 0.4) is 0 Å². The van der Waals surface area contributed by atoms with Gasteiger partial charge >= 0.3 is 0 Å². The summed E-state index contributed by atoms with van der Waals surface area (Å²) in [5.41, 5.74) is 0.432. The zero-order chi connectivity index (χ0) is 10.4. The van der Waals surface area contributed by atoms with E-state index in [2.05, 4.69) is 21.4 Å². The fourth-order valence-corrected chi connectivity index (χ4v) is 1.10. The average molecular weight is 191 g/mol. The Labute approximate surface area is 83.1 Å². The summed E-state index contributed by atoms with van der Waals surface area (Å²) in [6, 6.07) is 1.41. The molecule has 4 heteroatoms. The van der Waals surface area contributed by atoms with Crippen molar-refractivity contribution in [3.05, 3.63) is 18.0 Å². The van der Waals surface area contributed by atoms with E-state index in [1.54, 1.807) is 6.07 Å². The lowest BCUT2D eigenvalue weighted by molar-refractivity contribution is 0.0939. The molecule has 74 valence electrons. The van der Waals surface area contributed by atoms with Gasteiger partial charge in [-0.05, 0) is 12.5 Å². The van der Waals surface area contributed by atoms with Gasteiger partial charge in [-0.25, -0.2) is 0 Å². The van der Waals surface area contributed by atoms with Gasteiger partial charge in [0.15, 0.2) is 0 Å². The highest BCUT2D eigenvalue weighted by atomic mass is 16.2. The SMILES string of the molecule is C#CC(CCC)NC(=O)c1ccn[nH]1. The predicted molar refractivity (Wildman–Crippen MR) is 53.6 cm³/mol. The normalized spacial score (nSPS) is 11.7. The smallest absolute Gasteiger partial charge is 0.270 e. The van der Waals surface area contributed by atoms with E-state index in [9.17, 15) is 4.79 Å². The second kappa shape index (κ2) is 5.07. The fraction of sp³-hybridized carbons (Fsp3) is 0.400. The van der Waals surface area contributed by atoms with Gasteiger partial charge in [0, 0.05) is 6.20 Å². The third-order valence-corrected chi connectivity index (χ3v) is 1.83. The fourth-order valence-electron chi connectivity index (χ4n) is 1.10. The first-order valence-electron chi connectivity index (χ1n) is 4.54. The number of aromatic amines is 1. The number of hydrogen-bond acceptors (Lipinski definition) is 2. The van der Waals surface area contributed by atoms with Crippen LogP contribution in [0.15, 0.2) is 12.3 Å². The Morgan fingerprint density at radius 3 is 3.14 bits per heavy atom. The first-order valence-corrected chi connectivity index (χ1v) is 4.54. The monoisotopic (exact) mass is 191 g/mol. The van der Waals surface area contributed by atoms with Crippen molar-refractivity contribution in [3.8, 4) is 12.3 Å². The Morgan fingerprint density at radius 2 is 2.64 bits per heavy atom. The highest BCUT2D eigenvalue weighted by molar-refractivity contribution is 5.92. The maximum Gasteiger partial charge on any atom is 0.270 e. The van der Waals surface area contributed by atoms with E-state index in [0.29, 0.717) is 5.69 Å². The summed E-state index contributed by atoms with van der Waals surface area (Å²) < 4.78 is 0. The molecule has 0 aromatic carbocycles. The van der Waals surface area contributed by atoms with Crippen molar-refractivity contribution >= 4 is 5.91 Å². The zero-order valence-corrected chi connectivity index (χ0v) is 8.08. The molecule has 1 heterocycles. The number of nitrogens with zero attached hydrogens (tertiary/aromatic N) is 1. The van der Waals surface area contributed by atoms with Crippen LogP contribution in [0.4, 0.5) is 0 Å². The number of nitrogens with one attached hydrogen (secondary N) is 2. The molecule has 1 aromatic rings. The summed E-state index contributed by atoms with van der Waals surface area (Å²) in [6.07, 6.45) is 8.53. The number of hydrogen-bond donors (Lipinski definition) is 2. The Kier molecular flexibility index (Phi) is 3.74. The van der Waals surface area contributed by atoms with Crippen LogP contribution in [0, 0.1) is 12.3 Å². The van der Waals surface area contributed by atoms with Gasteiger partial charge in [0.25, 0.3) is 5.91 Å². The third kappa shape index (κ3) is 2.63. The molecule has 0 aliphatic carbocycles. The third-order valence-electron chi connectivity index (χ3n) is 1.83. The second-order valence-corrected chi connectivity index (χ2v) is 2.95. The van der Waals surface area contributed by atoms with E-state index < -0.39 is 0 Å². The van der Waals surface area contributed by atoms with Crippen LogP contribution in [0.25, 0.3) is 0 Å². The van der Waals surface area contributed by atoms with E-state index in [0.717, 1.165) is 12.8 Å². The standard InChI is InChI=1S/C10H13N3O/c1-3-5-8(4-2)12-10(14)9-6-7-11-13-9/h2,6-8H,3,5H2,1H3,(H,11,13)(H,12,14). The van der Waals surface area contributed by atoms with Crippen LogP contribution < -0.4 is 5.32 Å². The zero-order valence-electron chi connectivity index (χ0n) is 8.08. The Morgan fingerprint density at radius 1 is 1.86 bits per heavy atom. The molecule has 4 nitrogen and oxygen atoms in total. The number of rotatable bonds is 4. The predicted octanol–water partition coefficient (Wildman–Crippen LogP) is 0.941. The number of carbonyl (C=O) groups excluding carboxylic acids is 1. The number of carbonyl (C=O) groups is 1. The van der Waals surface area contributed by atoms with Crippen molar-refractivity contribution in [2.24, 2.45) is 0 Å². The van der Waals surface area contributed by atoms with Gasteiger partial charge in [0.2, 0.25) is 0 Å². The summed E-state index contributed by atoms with van der Waals surface area (Å²) in [4.78, 5) is 11.5. The van der Waals surface area contributed by atoms with Gasteiger partial charge in [-0.1, -0.05) is 19.3 Å². The van der Waals surface area contributed by atoms with E-state index in [1.165, 1.54) is 6.20 Å². The molecular weight excluding hydrogens is 178 g/mol. The molecule has 0 spiro atoms. The Balaban J connectivity index is 2.52. The first kappa shape index (κ1) is 10.3. The summed E-state index contributed by atoms with van der Waals surface area (Å²) in [5, 5.41) is 8.99.